The van der Waals surface area contributed by atoms with Gasteiger partial charge in [0.1, 0.15) is 0 Å². The van der Waals surface area contributed by atoms with Crippen molar-refractivity contribution in [3.05, 3.63) is 5.69 Å². The normalized spacial score (nSPS) is 9.90. The Kier molecular flexibility index (Phi) is 1.93. The highest BCUT2D eigenvalue weighted by Crippen LogP contribution is 2.07. The molecular weight excluding hydrogens is 151 g/mol. The van der Waals surface area contributed by atoms with E-state index in [9.17, 15) is 0 Å². The third-order valence-electron chi connectivity index (χ3n) is 1.08. The molecule has 4 nitrogen and oxygen atoms in total. The average Bonchev–Trinajstić information content (AvgIpc) is 2.10. The summed E-state index contributed by atoms with van der Waals surface area (Å²) in [7, 11) is -1.45. The standard InChI is InChI=1S/C4H7BN2O2S/c1-2-3(5(8)9)10-4(6)7-2/h8-9H,1H3,(H2,6,7). The lowest BCUT2D eigenvalue weighted by atomic mass is 9.88. The molecule has 0 saturated carbocycles. The Morgan fingerprint density at radius 2 is 2.20 bits per heavy atom. The molecular formula is C4H7BN2O2S. The Morgan fingerprint density at radius 1 is 1.60 bits per heavy atom. The highest BCUT2D eigenvalue weighted by Gasteiger charge is 2.17. The number of anilines is 1. The highest BCUT2D eigenvalue weighted by atomic mass is 32.1. The quantitative estimate of drug-likeness (QED) is 0.444. The summed E-state index contributed by atoms with van der Waals surface area (Å²) < 4.78 is 0.414. The minimum absolute atomic E-state index is 0.362. The number of aromatic nitrogens is 1. The Hall–Kier alpha value is -0.585. The average molecular weight is 158 g/mol. The molecule has 0 unspecified atom stereocenters. The van der Waals surface area contributed by atoms with Crippen LogP contribution in [0.3, 0.4) is 0 Å². The van der Waals surface area contributed by atoms with Gasteiger partial charge < -0.3 is 15.8 Å². The summed E-state index contributed by atoms with van der Waals surface area (Å²) in [5.41, 5.74) is 5.88. The van der Waals surface area contributed by atoms with Crippen molar-refractivity contribution >= 4 is 28.4 Å². The summed E-state index contributed by atoms with van der Waals surface area (Å²) in [5, 5.41) is 17.7. The van der Waals surface area contributed by atoms with Crippen LogP contribution in [0.2, 0.25) is 0 Å². The molecule has 0 aliphatic carbocycles. The van der Waals surface area contributed by atoms with Crippen molar-refractivity contribution in [2.75, 3.05) is 5.73 Å². The predicted octanol–water partition coefficient (Wildman–Crippen LogP) is -1.29. The number of nitrogens with two attached hydrogens (primary N) is 1. The molecule has 0 aliphatic heterocycles. The highest BCUT2D eigenvalue weighted by molar-refractivity contribution is 7.25. The van der Waals surface area contributed by atoms with Crippen LogP contribution in [0.1, 0.15) is 5.69 Å². The van der Waals surface area contributed by atoms with E-state index >= 15 is 0 Å². The minimum atomic E-state index is -1.45. The van der Waals surface area contributed by atoms with Crippen LogP contribution in [-0.4, -0.2) is 22.2 Å². The Labute approximate surface area is 62.5 Å². The number of nitrogens with zero attached hydrogens (tertiary/aromatic N) is 1. The lowest BCUT2D eigenvalue weighted by molar-refractivity contribution is 0.426. The molecule has 4 N–H and O–H groups in total. The van der Waals surface area contributed by atoms with Crippen LogP contribution in [0, 0.1) is 6.92 Å². The van der Waals surface area contributed by atoms with Gasteiger partial charge in [0.25, 0.3) is 0 Å². The van der Waals surface area contributed by atoms with Crippen molar-refractivity contribution in [2.24, 2.45) is 0 Å². The van der Waals surface area contributed by atoms with Gasteiger partial charge in [-0.25, -0.2) is 4.98 Å². The molecule has 0 fully saturated rings. The number of nitrogen functional groups attached to an aromatic ring is 1. The zero-order valence-corrected chi connectivity index (χ0v) is 6.22. The molecule has 0 atom stereocenters. The largest absolute Gasteiger partial charge is 0.501 e. The van der Waals surface area contributed by atoms with Crippen molar-refractivity contribution in [3.8, 4) is 0 Å². The van der Waals surface area contributed by atoms with Crippen LogP contribution >= 0.6 is 11.3 Å². The van der Waals surface area contributed by atoms with E-state index in [-0.39, 0.29) is 0 Å². The lowest BCUT2D eigenvalue weighted by Crippen LogP contribution is -2.28. The maximum Gasteiger partial charge on any atom is 0.501 e. The Morgan fingerprint density at radius 3 is 2.40 bits per heavy atom. The first kappa shape index (κ1) is 7.52. The van der Waals surface area contributed by atoms with Gasteiger partial charge in [0.15, 0.2) is 5.13 Å². The van der Waals surface area contributed by atoms with Crippen LogP contribution in [0.25, 0.3) is 0 Å². The molecule has 1 rings (SSSR count). The fraction of sp³-hybridized carbons (Fsp3) is 0.250. The first-order valence-corrected chi connectivity index (χ1v) is 3.52. The molecule has 0 aromatic carbocycles. The van der Waals surface area contributed by atoms with Gasteiger partial charge in [-0.3, -0.25) is 0 Å². The van der Waals surface area contributed by atoms with Gasteiger partial charge in [-0.1, -0.05) is 0 Å². The second-order valence-corrected chi connectivity index (χ2v) is 2.94. The summed E-state index contributed by atoms with van der Waals surface area (Å²) in [6.45, 7) is 1.68. The third kappa shape index (κ3) is 1.28. The maximum absolute atomic E-state index is 8.69. The van der Waals surface area contributed by atoms with E-state index in [2.05, 4.69) is 4.98 Å². The first-order chi connectivity index (χ1) is 4.61. The molecule has 1 aromatic heterocycles. The van der Waals surface area contributed by atoms with E-state index in [4.69, 9.17) is 15.8 Å². The van der Waals surface area contributed by atoms with Gasteiger partial charge in [0.2, 0.25) is 0 Å². The van der Waals surface area contributed by atoms with Gasteiger partial charge in [-0.05, 0) is 6.92 Å². The van der Waals surface area contributed by atoms with Crippen molar-refractivity contribution in [1.29, 1.82) is 0 Å². The smallest absolute Gasteiger partial charge is 0.423 e. The second kappa shape index (κ2) is 2.57. The lowest BCUT2D eigenvalue weighted by Gasteiger charge is -1.91. The third-order valence-corrected chi connectivity index (χ3v) is 2.11. The van der Waals surface area contributed by atoms with Gasteiger partial charge in [-0.15, -0.1) is 11.3 Å². The second-order valence-electron chi connectivity index (χ2n) is 1.88. The molecule has 0 aliphatic rings. The monoisotopic (exact) mass is 158 g/mol. The number of rotatable bonds is 1. The minimum Gasteiger partial charge on any atom is -0.423 e. The van der Waals surface area contributed by atoms with Crippen molar-refractivity contribution in [3.63, 3.8) is 0 Å². The van der Waals surface area contributed by atoms with Crippen LogP contribution in [0.15, 0.2) is 0 Å². The molecule has 54 valence electrons. The van der Waals surface area contributed by atoms with Crippen molar-refractivity contribution in [1.82, 2.24) is 4.98 Å². The number of aryl methyl sites for hydroxylation is 1. The van der Waals surface area contributed by atoms with Gasteiger partial charge in [0.05, 0.1) is 10.5 Å². The van der Waals surface area contributed by atoms with E-state index in [1.165, 1.54) is 0 Å². The van der Waals surface area contributed by atoms with Gasteiger partial charge in [-0.2, -0.15) is 0 Å². The van der Waals surface area contributed by atoms with E-state index in [0.29, 0.717) is 15.6 Å². The first-order valence-electron chi connectivity index (χ1n) is 2.70. The maximum atomic E-state index is 8.69. The zero-order valence-electron chi connectivity index (χ0n) is 5.40. The Bertz CT molecular complexity index is 237. The van der Waals surface area contributed by atoms with Crippen LogP contribution < -0.4 is 10.5 Å². The van der Waals surface area contributed by atoms with Gasteiger partial charge in [0, 0.05) is 0 Å². The SMILES string of the molecule is Cc1nc(N)sc1B(O)O. The summed E-state index contributed by atoms with van der Waals surface area (Å²) in [5.74, 6) is 0. The van der Waals surface area contributed by atoms with E-state index < -0.39 is 7.12 Å². The zero-order chi connectivity index (χ0) is 7.72. The summed E-state index contributed by atoms with van der Waals surface area (Å²) in [6.07, 6.45) is 0. The number of thiazole rings is 1. The molecule has 0 saturated heterocycles. The predicted molar refractivity (Wildman–Crippen MR) is 41.1 cm³/mol. The molecule has 0 radical (unpaired) electrons. The van der Waals surface area contributed by atoms with E-state index in [1.807, 2.05) is 0 Å². The van der Waals surface area contributed by atoms with Crippen LogP contribution in [0.5, 0.6) is 0 Å². The summed E-state index contributed by atoms with van der Waals surface area (Å²) in [6, 6.07) is 0. The summed E-state index contributed by atoms with van der Waals surface area (Å²) >= 11 is 1.09. The van der Waals surface area contributed by atoms with Crippen LogP contribution in [0.4, 0.5) is 5.13 Å². The van der Waals surface area contributed by atoms with Crippen LogP contribution in [-0.2, 0) is 0 Å². The van der Waals surface area contributed by atoms with Gasteiger partial charge >= 0.3 is 7.12 Å². The number of hydrogen-bond acceptors (Lipinski definition) is 5. The summed E-state index contributed by atoms with van der Waals surface area (Å²) in [4.78, 5) is 3.81. The fourth-order valence-electron chi connectivity index (χ4n) is 0.669. The van der Waals surface area contributed by atoms with E-state index in [0.717, 1.165) is 11.3 Å². The molecule has 0 amide bonds. The molecule has 0 bridgehead atoms. The molecule has 6 heteroatoms. The van der Waals surface area contributed by atoms with E-state index in [1.54, 1.807) is 6.92 Å². The number of hydrogen-bond donors (Lipinski definition) is 3. The fourth-order valence-corrected chi connectivity index (χ4v) is 1.38. The molecule has 0 spiro atoms. The Balaban J connectivity index is 3.03. The topological polar surface area (TPSA) is 79.4 Å². The molecule has 1 aromatic rings. The molecule has 1 heterocycles. The van der Waals surface area contributed by atoms with Crippen molar-refractivity contribution in [2.45, 2.75) is 6.92 Å². The van der Waals surface area contributed by atoms with Crippen molar-refractivity contribution < 1.29 is 10.0 Å². The molecule has 10 heavy (non-hydrogen) atoms.